The van der Waals surface area contributed by atoms with Crippen LogP contribution in [0.1, 0.15) is 33.6 Å². The van der Waals surface area contributed by atoms with Crippen molar-refractivity contribution in [2.75, 3.05) is 6.54 Å². The third-order valence-corrected chi connectivity index (χ3v) is 6.02. The zero-order valence-corrected chi connectivity index (χ0v) is 15.8. The molecule has 0 bridgehead atoms. The van der Waals surface area contributed by atoms with E-state index < -0.39 is 10.0 Å². The highest BCUT2D eigenvalue weighted by Gasteiger charge is 2.19. The Labute approximate surface area is 142 Å². The lowest BCUT2D eigenvalue weighted by molar-refractivity contribution is 0.346. The molecule has 0 aliphatic carbocycles. The van der Waals surface area contributed by atoms with Crippen molar-refractivity contribution >= 4 is 32.6 Å². The van der Waals surface area contributed by atoms with Crippen LogP contribution in [0.15, 0.2) is 29.2 Å². The number of rotatable bonds is 8. The molecule has 0 aromatic heterocycles. The summed E-state index contributed by atoms with van der Waals surface area (Å²) in [6.07, 6.45) is 1.73. The molecule has 2 unspecified atom stereocenters. The number of nitrogens with one attached hydrogen (secondary N) is 1. The molecule has 2 atom stereocenters. The minimum absolute atomic E-state index is 0.0953. The van der Waals surface area contributed by atoms with Crippen LogP contribution >= 0.6 is 22.6 Å². The number of hydrogen-bond donors (Lipinski definition) is 2. The molecule has 0 radical (unpaired) electrons. The zero-order chi connectivity index (χ0) is 16.0. The van der Waals surface area contributed by atoms with Crippen molar-refractivity contribution in [2.45, 2.75) is 44.6 Å². The van der Waals surface area contributed by atoms with E-state index in [9.17, 15) is 8.42 Å². The summed E-state index contributed by atoms with van der Waals surface area (Å²) in [6.45, 7) is 6.85. The third-order valence-electron chi connectivity index (χ3n) is 3.70. The third kappa shape index (κ3) is 6.22. The Hall–Kier alpha value is -0.180. The highest BCUT2D eigenvalue weighted by Crippen LogP contribution is 2.18. The van der Waals surface area contributed by atoms with E-state index >= 15 is 0 Å². The van der Waals surface area contributed by atoms with Gasteiger partial charge in [0.15, 0.2) is 0 Å². The summed E-state index contributed by atoms with van der Waals surface area (Å²) in [5.74, 6) is 0.963. The van der Waals surface area contributed by atoms with Crippen LogP contribution in [-0.2, 0) is 10.0 Å². The molecule has 0 aliphatic heterocycles. The first-order chi connectivity index (χ1) is 9.76. The first-order valence-electron chi connectivity index (χ1n) is 7.24. The van der Waals surface area contributed by atoms with Crippen LogP contribution in [0.5, 0.6) is 0 Å². The van der Waals surface area contributed by atoms with E-state index in [2.05, 4.69) is 41.2 Å². The van der Waals surface area contributed by atoms with Gasteiger partial charge in [0.05, 0.1) is 4.90 Å². The van der Waals surface area contributed by atoms with Gasteiger partial charge in [0.2, 0.25) is 10.0 Å². The molecule has 0 spiro atoms. The second-order valence-corrected chi connectivity index (χ2v) is 8.75. The number of benzene rings is 1. The Morgan fingerprint density at radius 3 is 2.19 bits per heavy atom. The molecule has 0 heterocycles. The fraction of sp³-hybridized carbons (Fsp3) is 0.600. The predicted octanol–water partition coefficient (Wildman–Crippen LogP) is 2.97. The van der Waals surface area contributed by atoms with Crippen LogP contribution in [0.2, 0.25) is 0 Å². The highest BCUT2D eigenvalue weighted by molar-refractivity contribution is 14.1. The number of halogens is 1. The molecular weight excluding hydrogens is 399 g/mol. The van der Waals surface area contributed by atoms with Gasteiger partial charge in [0.25, 0.3) is 0 Å². The van der Waals surface area contributed by atoms with Crippen molar-refractivity contribution in [1.82, 2.24) is 4.72 Å². The van der Waals surface area contributed by atoms with E-state index in [0.29, 0.717) is 23.3 Å². The molecule has 0 saturated heterocycles. The lowest BCUT2D eigenvalue weighted by atomic mass is 9.90. The lowest BCUT2D eigenvalue weighted by Gasteiger charge is -2.21. The molecule has 4 nitrogen and oxygen atoms in total. The fourth-order valence-corrected chi connectivity index (χ4v) is 3.83. The molecule has 0 fully saturated rings. The number of sulfonamides is 1. The second-order valence-electron chi connectivity index (χ2n) is 5.79. The summed E-state index contributed by atoms with van der Waals surface area (Å²) in [7, 11) is -3.44. The largest absolute Gasteiger partial charge is 0.330 e. The van der Waals surface area contributed by atoms with Crippen LogP contribution < -0.4 is 10.5 Å². The van der Waals surface area contributed by atoms with Gasteiger partial charge in [-0.1, -0.05) is 13.8 Å². The van der Waals surface area contributed by atoms with E-state index in [-0.39, 0.29) is 6.04 Å². The zero-order valence-electron chi connectivity index (χ0n) is 12.8. The molecule has 120 valence electrons. The Kier molecular flexibility index (Phi) is 7.59. The average molecular weight is 424 g/mol. The lowest BCUT2D eigenvalue weighted by Crippen LogP contribution is -2.33. The van der Waals surface area contributed by atoms with Gasteiger partial charge in [-0.2, -0.15) is 0 Å². The molecule has 6 heteroatoms. The first-order valence-corrected chi connectivity index (χ1v) is 9.80. The van der Waals surface area contributed by atoms with Crippen LogP contribution in [0.25, 0.3) is 0 Å². The van der Waals surface area contributed by atoms with E-state index in [0.717, 1.165) is 16.4 Å². The standard InChI is InChI=1S/C15H25IN2O2S/c1-11(2)13(10-17)5-4-12(3)18-21(19,20)15-8-6-14(16)7-9-15/h6-9,11-13,18H,4-5,10,17H2,1-3H3. The molecule has 1 rings (SSSR count). The molecule has 0 aliphatic rings. The molecule has 21 heavy (non-hydrogen) atoms. The average Bonchev–Trinajstić information content (AvgIpc) is 2.38. The summed E-state index contributed by atoms with van der Waals surface area (Å²) in [6, 6.07) is 6.76. The van der Waals surface area contributed by atoms with Gasteiger partial charge in [0.1, 0.15) is 0 Å². The molecule has 1 aromatic rings. The summed E-state index contributed by atoms with van der Waals surface area (Å²) in [5, 5.41) is 0. The topological polar surface area (TPSA) is 72.2 Å². The summed E-state index contributed by atoms with van der Waals surface area (Å²) < 4.78 is 28.3. The number of nitrogens with two attached hydrogens (primary N) is 1. The van der Waals surface area contributed by atoms with Gasteiger partial charge in [-0.05, 0) is 85.0 Å². The quantitative estimate of drug-likeness (QED) is 0.631. The van der Waals surface area contributed by atoms with Gasteiger partial charge < -0.3 is 5.73 Å². The second kappa shape index (κ2) is 8.45. The van der Waals surface area contributed by atoms with E-state index in [1.165, 1.54) is 0 Å². The van der Waals surface area contributed by atoms with Crippen molar-refractivity contribution in [3.8, 4) is 0 Å². The van der Waals surface area contributed by atoms with Crippen molar-refractivity contribution < 1.29 is 8.42 Å². The minimum atomic E-state index is -3.44. The predicted molar refractivity (Wildman–Crippen MR) is 95.6 cm³/mol. The van der Waals surface area contributed by atoms with Crippen molar-refractivity contribution in [3.05, 3.63) is 27.8 Å². The molecule has 3 N–H and O–H groups in total. The molecule has 0 amide bonds. The molecule has 0 saturated carbocycles. The van der Waals surface area contributed by atoms with Gasteiger partial charge in [-0.25, -0.2) is 13.1 Å². The Morgan fingerprint density at radius 2 is 1.71 bits per heavy atom. The van der Waals surface area contributed by atoms with Crippen LogP contribution in [-0.4, -0.2) is 21.0 Å². The normalized spacial score (nSPS) is 15.1. The highest BCUT2D eigenvalue weighted by atomic mass is 127. The van der Waals surface area contributed by atoms with Gasteiger partial charge in [-0.3, -0.25) is 0 Å². The smallest absolute Gasteiger partial charge is 0.240 e. The van der Waals surface area contributed by atoms with E-state index in [4.69, 9.17) is 5.73 Å². The van der Waals surface area contributed by atoms with Crippen molar-refractivity contribution in [1.29, 1.82) is 0 Å². The van der Waals surface area contributed by atoms with Crippen LogP contribution in [0.4, 0.5) is 0 Å². The maximum absolute atomic E-state index is 12.3. The monoisotopic (exact) mass is 424 g/mol. The van der Waals surface area contributed by atoms with Crippen molar-refractivity contribution in [2.24, 2.45) is 17.6 Å². The Balaban J connectivity index is 2.61. The van der Waals surface area contributed by atoms with Gasteiger partial charge in [-0.15, -0.1) is 0 Å². The maximum Gasteiger partial charge on any atom is 0.240 e. The van der Waals surface area contributed by atoms with Gasteiger partial charge in [0, 0.05) is 9.61 Å². The van der Waals surface area contributed by atoms with Crippen molar-refractivity contribution in [3.63, 3.8) is 0 Å². The first kappa shape index (κ1) is 18.9. The summed E-state index contributed by atoms with van der Waals surface area (Å²) in [5.41, 5.74) is 5.75. The summed E-state index contributed by atoms with van der Waals surface area (Å²) in [4.78, 5) is 0.314. The Morgan fingerprint density at radius 1 is 1.14 bits per heavy atom. The molecule has 1 aromatic carbocycles. The van der Waals surface area contributed by atoms with E-state index in [1.807, 2.05) is 6.92 Å². The van der Waals surface area contributed by atoms with Crippen LogP contribution in [0.3, 0.4) is 0 Å². The maximum atomic E-state index is 12.3. The minimum Gasteiger partial charge on any atom is -0.330 e. The number of hydrogen-bond acceptors (Lipinski definition) is 3. The Bertz CT molecular complexity index is 529. The van der Waals surface area contributed by atoms with Crippen LogP contribution in [0, 0.1) is 15.4 Å². The molecular formula is C15H25IN2O2S. The van der Waals surface area contributed by atoms with Gasteiger partial charge >= 0.3 is 0 Å². The van der Waals surface area contributed by atoms with E-state index in [1.54, 1.807) is 24.3 Å². The SMILES string of the molecule is CC(CCC(CN)C(C)C)NS(=O)(=O)c1ccc(I)cc1. The summed E-state index contributed by atoms with van der Waals surface area (Å²) >= 11 is 2.15. The fourth-order valence-electron chi connectivity index (χ4n) is 2.19.